The largest absolute Gasteiger partial charge is 2.00 e. The van der Waals surface area contributed by atoms with Gasteiger partial charge >= 0.3 is 39.0 Å². The van der Waals surface area contributed by atoms with Gasteiger partial charge in [-0.05, 0) is 51.4 Å². The van der Waals surface area contributed by atoms with Gasteiger partial charge in [-0.25, -0.2) is 0 Å². The normalized spacial score (nSPS) is 9.52. The Morgan fingerprint density at radius 3 is 0.595 bits per heavy atom. The van der Waals surface area contributed by atoms with Crippen molar-refractivity contribution < 1.29 is 39.0 Å². The fourth-order valence-corrected chi connectivity index (χ4v) is 4.80. The minimum Gasteiger partial charge on any atom is -0.411 e. The summed E-state index contributed by atoms with van der Waals surface area (Å²) in [4.78, 5) is 8.15. The van der Waals surface area contributed by atoms with E-state index in [1.807, 2.05) is 37.5 Å². The first-order chi connectivity index (χ1) is 18.3. The van der Waals surface area contributed by atoms with Crippen LogP contribution in [-0.4, -0.2) is 89.2 Å². The smallest absolute Gasteiger partial charge is 0.411 e. The van der Waals surface area contributed by atoms with Crippen molar-refractivity contribution in [2.45, 2.75) is 83.1 Å². The van der Waals surface area contributed by atoms with Crippen molar-refractivity contribution in [1.82, 2.24) is 19.6 Å². The van der Waals surface area contributed by atoms with Crippen LogP contribution in [0.5, 0.6) is 0 Å². The standard InChI is InChI=1S/2C9H19NS2.2C5H11NS2.2Zn/c2*1-7(2)5-10(9(11)12)6-8(3)4;2*1-3-6(4-2)5(7)8;;/h2*7-8H,5-6H2,1-4H3,(H,11,12);2*3-4H2,1-2H3,(H,7,8);;/q;;;;2*+2/p-4. The minimum atomic E-state index is 0. The Balaban J connectivity index is -0.000000103. The molecule has 0 fully saturated rings. The van der Waals surface area contributed by atoms with Gasteiger partial charge in [-0.3, -0.25) is 0 Å². The second-order valence-electron chi connectivity index (χ2n) is 10.8. The second kappa shape index (κ2) is 35.5. The van der Waals surface area contributed by atoms with E-state index in [2.05, 4.69) is 65.2 Å². The van der Waals surface area contributed by atoms with Gasteiger partial charge in [-0.2, -0.15) is 0 Å². The van der Waals surface area contributed by atoms with Crippen molar-refractivity contribution in [1.29, 1.82) is 0 Å². The van der Waals surface area contributed by atoms with E-state index in [4.69, 9.17) is 99.4 Å². The van der Waals surface area contributed by atoms with E-state index >= 15 is 0 Å². The van der Waals surface area contributed by atoms with Gasteiger partial charge in [0.2, 0.25) is 0 Å². The van der Waals surface area contributed by atoms with Crippen LogP contribution in [0.1, 0.15) is 83.1 Å². The fraction of sp³-hybridized carbons (Fsp3) is 0.857. The molecular formula is C28H56N4S8Zn2. The molecule has 240 valence electrons. The van der Waals surface area contributed by atoms with Crippen molar-refractivity contribution in [2.24, 2.45) is 23.7 Å². The van der Waals surface area contributed by atoms with Crippen LogP contribution in [-0.2, 0) is 89.5 Å². The maximum Gasteiger partial charge on any atom is 2.00 e. The van der Waals surface area contributed by atoms with Crippen molar-refractivity contribution in [2.75, 3.05) is 52.4 Å². The molecule has 42 heavy (non-hydrogen) atoms. The zero-order valence-electron chi connectivity index (χ0n) is 28.4. The molecule has 4 nitrogen and oxygen atoms in total. The SMILES string of the molecule is CC(C)CN(CC(C)C)C(=S)[S-].CC(C)CN(CC(C)C)C(=S)[S-].CCN(CC)C(=S)[S-].CCN(CC)C(=S)[S-].[Zn+2].[Zn+2]. The molecule has 0 N–H and O–H groups in total. The van der Waals surface area contributed by atoms with Crippen molar-refractivity contribution in [3.05, 3.63) is 0 Å². The summed E-state index contributed by atoms with van der Waals surface area (Å²) in [6.45, 7) is 33.3. The average Bonchev–Trinajstić information content (AvgIpc) is 2.79. The van der Waals surface area contributed by atoms with E-state index in [0.29, 0.717) is 41.0 Å². The number of rotatable bonds is 12. The number of hydrogen-bond donors (Lipinski definition) is 0. The minimum absolute atomic E-state index is 0. The van der Waals surface area contributed by atoms with Gasteiger partial charge in [0.05, 0.1) is 0 Å². The van der Waals surface area contributed by atoms with E-state index in [-0.39, 0.29) is 39.0 Å². The first-order valence-corrected chi connectivity index (χ1v) is 17.4. The monoisotopic (exact) mass is 832 g/mol. The molecule has 0 rings (SSSR count). The van der Waals surface area contributed by atoms with Crippen LogP contribution >= 0.6 is 48.9 Å². The molecule has 0 unspecified atom stereocenters. The van der Waals surface area contributed by atoms with Gasteiger partial charge < -0.3 is 119 Å². The molecule has 0 aromatic rings. The van der Waals surface area contributed by atoms with Crippen LogP contribution in [0.25, 0.3) is 0 Å². The average molecular weight is 836 g/mol. The maximum atomic E-state index is 4.99. The molecular weight excluding hydrogens is 780 g/mol. The van der Waals surface area contributed by atoms with Gasteiger partial charge in [0.15, 0.2) is 0 Å². The predicted octanol–water partition coefficient (Wildman–Crippen LogP) is 7.18. The molecule has 0 spiro atoms. The zero-order chi connectivity index (χ0) is 32.6. The van der Waals surface area contributed by atoms with Gasteiger partial charge in [-0.1, -0.05) is 72.7 Å². The van der Waals surface area contributed by atoms with E-state index < -0.39 is 0 Å². The first-order valence-electron chi connectivity index (χ1n) is 14.1. The summed E-state index contributed by atoms with van der Waals surface area (Å²) >= 11 is 39.0. The summed E-state index contributed by atoms with van der Waals surface area (Å²) in [5.74, 6) is 2.52. The summed E-state index contributed by atoms with van der Waals surface area (Å²) < 4.78 is 2.37. The van der Waals surface area contributed by atoms with Crippen LogP contribution in [0.3, 0.4) is 0 Å². The summed E-state index contributed by atoms with van der Waals surface area (Å²) in [6, 6.07) is 0. The Morgan fingerprint density at radius 1 is 0.405 bits per heavy atom. The number of nitrogens with zero attached hydrogens (tertiary/aromatic N) is 4. The molecule has 0 aliphatic rings. The van der Waals surface area contributed by atoms with Crippen LogP contribution < -0.4 is 0 Å². The third-order valence-corrected chi connectivity index (χ3v) is 6.97. The van der Waals surface area contributed by atoms with Crippen LogP contribution in [0.2, 0.25) is 0 Å². The van der Waals surface area contributed by atoms with Gasteiger partial charge in [0.25, 0.3) is 0 Å². The van der Waals surface area contributed by atoms with E-state index in [0.717, 1.165) is 52.4 Å². The molecule has 0 atom stereocenters. The molecule has 0 bridgehead atoms. The molecule has 14 heteroatoms. The third-order valence-electron chi connectivity index (χ3n) is 4.90. The topological polar surface area (TPSA) is 13.0 Å². The van der Waals surface area contributed by atoms with Gasteiger partial charge in [0, 0.05) is 52.4 Å². The van der Waals surface area contributed by atoms with Gasteiger partial charge in [0.1, 0.15) is 0 Å². The fourth-order valence-electron chi connectivity index (χ4n) is 3.17. The van der Waals surface area contributed by atoms with Crippen LogP contribution in [0.15, 0.2) is 0 Å². The Kier molecular flexibility index (Phi) is 47.4. The van der Waals surface area contributed by atoms with E-state index in [1.54, 1.807) is 0 Å². The molecule has 0 saturated carbocycles. The third kappa shape index (κ3) is 39.7. The van der Waals surface area contributed by atoms with Crippen molar-refractivity contribution in [3.63, 3.8) is 0 Å². The van der Waals surface area contributed by atoms with Crippen LogP contribution in [0, 0.1) is 23.7 Å². The Labute approximate surface area is 330 Å². The molecule has 0 amide bonds. The molecule has 0 aliphatic heterocycles. The Hall–Kier alpha value is 1.69. The molecule has 0 aromatic heterocycles. The van der Waals surface area contributed by atoms with Crippen molar-refractivity contribution in [3.8, 4) is 0 Å². The summed E-state index contributed by atoms with van der Waals surface area (Å²) in [5.41, 5.74) is 0. The van der Waals surface area contributed by atoms with Crippen LogP contribution in [0.4, 0.5) is 0 Å². The molecule has 0 aliphatic carbocycles. The van der Waals surface area contributed by atoms with E-state index in [1.165, 1.54) is 0 Å². The van der Waals surface area contributed by atoms with Gasteiger partial charge in [-0.15, -0.1) is 0 Å². The zero-order valence-corrected chi connectivity index (χ0v) is 40.9. The Morgan fingerprint density at radius 2 is 0.548 bits per heavy atom. The maximum absolute atomic E-state index is 4.99. The summed E-state index contributed by atoms with van der Waals surface area (Å²) in [7, 11) is 0. The Bertz CT molecular complexity index is 600. The molecule has 0 saturated heterocycles. The molecule has 0 aromatic carbocycles. The molecule has 0 radical (unpaired) electrons. The quantitative estimate of drug-likeness (QED) is 0.113. The number of thiocarbonyl (C=S) groups is 4. The first kappa shape index (κ1) is 56.0. The number of hydrogen-bond acceptors (Lipinski definition) is 8. The summed E-state index contributed by atoms with van der Waals surface area (Å²) in [5, 5.41) is 0. The predicted molar refractivity (Wildman–Crippen MR) is 208 cm³/mol. The summed E-state index contributed by atoms with van der Waals surface area (Å²) in [6.07, 6.45) is 0. The van der Waals surface area contributed by atoms with Crippen molar-refractivity contribution >= 4 is 117 Å². The second-order valence-corrected chi connectivity index (χ2v) is 14.9. The van der Waals surface area contributed by atoms with E-state index in [9.17, 15) is 0 Å². The molecule has 0 heterocycles.